The van der Waals surface area contributed by atoms with Gasteiger partial charge in [0.1, 0.15) is 0 Å². The van der Waals surface area contributed by atoms with Gasteiger partial charge in [-0.25, -0.2) is 0 Å². The van der Waals surface area contributed by atoms with Crippen LogP contribution in [0.25, 0.3) is 0 Å². The van der Waals surface area contributed by atoms with Crippen LogP contribution in [0.1, 0.15) is 38.0 Å². The average Bonchev–Trinajstić information content (AvgIpc) is 2.76. The van der Waals surface area contributed by atoms with Crippen LogP contribution in [-0.4, -0.2) is 12.1 Å². The molecule has 0 fully saturated rings. The number of allylic oxidation sites excluding steroid dienone is 1. The van der Waals surface area contributed by atoms with Crippen LogP contribution >= 0.6 is 11.3 Å². The van der Waals surface area contributed by atoms with E-state index in [4.69, 9.17) is 0 Å². The van der Waals surface area contributed by atoms with Gasteiger partial charge in [0, 0.05) is 17.0 Å². The highest BCUT2D eigenvalue weighted by molar-refractivity contribution is 7.09. The molecule has 0 radical (unpaired) electrons. The molecule has 0 aliphatic carbocycles. The summed E-state index contributed by atoms with van der Waals surface area (Å²) in [6.07, 6.45) is 6.66. The van der Waals surface area contributed by atoms with E-state index in [0.717, 1.165) is 12.8 Å². The molecule has 1 heterocycles. The lowest BCUT2D eigenvalue weighted by Gasteiger charge is -2.21. The smallest absolute Gasteiger partial charge is 0.00896 e. The number of thiophene rings is 1. The first-order valence-electron chi connectivity index (χ1n) is 6.15. The molecule has 0 saturated heterocycles. The third-order valence-electron chi connectivity index (χ3n) is 2.82. The minimum absolute atomic E-state index is 0.563. The topological polar surface area (TPSA) is 12.0 Å². The van der Waals surface area contributed by atoms with Crippen molar-refractivity contribution in [3.8, 4) is 0 Å². The second-order valence-electron chi connectivity index (χ2n) is 4.32. The standard InChI is InChI=1S/C14H23NS/c1-4-6-8-13(5-2)15-12(3)11-14-9-7-10-16-14/h4,7,9-10,12-13,15H,1,5-6,8,11H2,2-3H3. The maximum atomic E-state index is 3.78. The van der Waals surface area contributed by atoms with Gasteiger partial charge in [0.2, 0.25) is 0 Å². The van der Waals surface area contributed by atoms with Crippen molar-refractivity contribution in [3.63, 3.8) is 0 Å². The molecule has 16 heavy (non-hydrogen) atoms. The van der Waals surface area contributed by atoms with Crippen LogP contribution in [0.5, 0.6) is 0 Å². The van der Waals surface area contributed by atoms with Gasteiger partial charge in [0.15, 0.2) is 0 Å². The maximum Gasteiger partial charge on any atom is 0.00896 e. The zero-order valence-electron chi connectivity index (χ0n) is 10.4. The molecule has 0 bridgehead atoms. The van der Waals surface area contributed by atoms with Crippen LogP contribution in [0.4, 0.5) is 0 Å². The highest BCUT2D eigenvalue weighted by Gasteiger charge is 2.10. The molecule has 2 unspecified atom stereocenters. The monoisotopic (exact) mass is 237 g/mol. The van der Waals surface area contributed by atoms with Crippen LogP contribution in [0, 0.1) is 0 Å². The van der Waals surface area contributed by atoms with Gasteiger partial charge < -0.3 is 5.32 Å². The number of rotatable bonds is 8. The maximum absolute atomic E-state index is 3.78. The summed E-state index contributed by atoms with van der Waals surface area (Å²) in [6.45, 7) is 8.30. The quantitative estimate of drug-likeness (QED) is 0.674. The van der Waals surface area contributed by atoms with Gasteiger partial charge in [0.05, 0.1) is 0 Å². The predicted molar refractivity (Wildman–Crippen MR) is 74.1 cm³/mol. The Morgan fingerprint density at radius 2 is 2.38 bits per heavy atom. The molecule has 0 saturated carbocycles. The zero-order chi connectivity index (χ0) is 11.8. The van der Waals surface area contributed by atoms with Gasteiger partial charge in [0.25, 0.3) is 0 Å². The number of hydrogen-bond donors (Lipinski definition) is 1. The summed E-state index contributed by atoms with van der Waals surface area (Å²) in [6, 6.07) is 5.54. The van der Waals surface area contributed by atoms with Gasteiger partial charge in [-0.2, -0.15) is 0 Å². The molecule has 0 aromatic carbocycles. The first-order valence-corrected chi connectivity index (χ1v) is 7.03. The van der Waals surface area contributed by atoms with Crippen molar-refractivity contribution in [2.45, 2.75) is 51.6 Å². The van der Waals surface area contributed by atoms with Crippen LogP contribution < -0.4 is 5.32 Å². The van der Waals surface area contributed by atoms with Crippen molar-refractivity contribution in [1.29, 1.82) is 0 Å². The summed E-state index contributed by atoms with van der Waals surface area (Å²) >= 11 is 1.85. The lowest BCUT2D eigenvalue weighted by Crippen LogP contribution is -2.37. The Morgan fingerprint density at radius 3 is 2.94 bits per heavy atom. The molecule has 1 N–H and O–H groups in total. The van der Waals surface area contributed by atoms with Crippen molar-refractivity contribution < 1.29 is 0 Å². The van der Waals surface area contributed by atoms with Crippen molar-refractivity contribution in [2.75, 3.05) is 0 Å². The highest BCUT2D eigenvalue weighted by Crippen LogP contribution is 2.12. The average molecular weight is 237 g/mol. The van der Waals surface area contributed by atoms with E-state index >= 15 is 0 Å². The molecule has 0 aliphatic rings. The molecule has 2 heteroatoms. The Labute approximate surface area is 104 Å². The Bertz CT molecular complexity index is 279. The Morgan fingerprint density at radius 1 is 1.56 bits per heavy atom. The third-order valence-corrected chi connectivity index (χ3v) is 3.72. The van der Waals surface area contributed by atoms with Gasteiger partial charge >= 0.3 is 0 Å². The summed E-state index contributed by atoms with van der Waals surface area (Å²) in [4.78, 5) is 1.47. The van der Waals surface area contributed by atoms with E-state index in [1.54, 1.807) is 0 Å². The fourth-order valence-electron chi connectivity index (χ4n) is 1.92. The van der Waals surface area contributed by atoms with Crippen LogP contribution in [-0.2, 0) is 6.42 Å². The van der Waals surface area contributed by atoms with Gasteiger partial charge in [-0.15, -0.1) is 17.9 Å². The molecular weight excluding hydrogens is 214 g/mol. The van der Waals surface area contributed by atoms with Crippen molar-refractivity contribution in [2.24, 2.45) is 0 Å². The van der Waals surface area contributed by atoms with Crippen LogP contribution in [0.2, 0.25) is 0 Å². The highest BCUT2D eigenvalue weighted by atomic mass is 32.1. The SMILES string of the molecule is C=CCCC(CC)NC(C)Cc1cccs1. The molecule has 1 aromatic heterocycles. The molecule has 2 atom stereocenters. The normalized spacial score (nSPS) is 14.6. The Balaban J connectivity index is 2.30. The van der Waals surface area contributed by atoms with E-state index < -0.39 is 0 Å². The fourth-order valence-corrected chi connectivity index (χ4v) is 2.75. The van der Waals surface area contributed by atoms with E-state index in [1.807, 2.05) is 17.4 Å². The van der Waals surface area contributed by atoms with Crippen molar-refractivity contribution in [3.05, 3.63) is 35.0 Å². The fraction of sp³-hybridized carbons (Fsp3) is 0.571. The summed E-state index contributed by atoms with van der Waals surface area (Å²) in [5, 5.41) is 5.85. The van der Waals surface area contributed by atoms with E-state index in [2.05, 4.69) is 43.3 Å². The number of hydrogen-bond acceptors (Lipinski definition) is 2. The zero-order valence-corrected chi connectivity index (χ0v) is 11.2. The summed E-state index contributed by atoms with van der Waals surface area (Å²) in [5.41, 5.74) is 0. The van der Waals surface area contributed by atoms with Gasteiger partial charge in [-0.1, -0.05) is 19.1 Å². The first kappa shape index (κ1) is 13.5. The van der Waals surface area contributed by atoms with Crippen LogP contribution in [0.3, 0.4) is 0 Å². The lowest BCUT2D eigenvalue weighted by atomic mass is 10.1. The molecule has 0 amide bonds. The van der Waals surface area contributed by atoms with E-state index in [9.17, 15) is 0 Å². The number of nitrogens with one attached hydrogen (secondary N) is 1. The minimum Gasteiger partial charge on any atom is -0.311 e. The van der Waals surface area contributed by atoms with E-state index in [-0.39, 0.29) is 0 Å². The van der Waals surface area contributed by atoms with Crippen LogP contribution in [0.15, 0.2) is 30.2 Å². The summed E-state index contributed by atoms with van der Waals surface area (Å²) in [7, 11) is 0. The molecule has 0 aliphatic heterocycles. The van der Waals surface area contributed by atoms with Crippen molar-refractivity contribution >= 4 is 11.3 Å². The molecule has 1 rings (SSSR count). The summed E-state index contributed by atoms with van der Waals surface area (Å²) < 4.78 is 0. The van der Waals surface area contributed by atoms with E-state index in [0.29, 0.717) is 12.1 Å². The molecule has 90 valence electrons. The minimum atomic E-state index is 0.563. The van der Waals surface area contributed by atoms with Crippen molar-refractivity contribution in [1.82, 2.24) is 5.32 Å². The molecule has 1 nitrogen and oxygen atoms in total. The lowest BCUT2D eigenvalue weighted by molar-refractivity contribution is 0.414. The molecule has 1 aromatic rings. The molecule has 0 spiro atoms. The second-order valence-corrected chi connectivity index (χ2v) is 5.35. The Kier molecular flexibility index (Phi) is 6.43. The predicted octanol–water partition coefficient (Wildman–Crippen LogP) is 4.01. The van der Waals surface area contributed by atoms with Gasteiger partial charge in [-0.3, -0.25) is 0 Å². The Hall–Kier alpha value is -0.600. The third kappa shape index (κ3) is 4.95. The van der Waals surface area contributed by atoms with Gasteiger partial charge in [-0.05, 0) is 44.1 Å². The molecular formula is C14H23NS. The first-order chi connectivity index (χ1) is 7.76. The second kappa shape index (κ2) is 7.64. The summed E-state index contributed by atoms with van der Waals surface area (Å²) in [5.74, 6) is 0. The largest absolute Gasteiger partial charge is 0.311 e. The van der Waals surface area contributed by atoms with E-state index in [1.165, 1.54) is 17.7 Å².